The molecule has 2 rings (SSSR count). The SMILES string of the molecule is N#Cc1ccc(Br)cc1Nc1ccnc(NN)n1. The number of nitrogens with two attached hydrogens (primary N) is 1. The Hall–Kier alpha value is -2.17. The molecule has 0 aliphatic heterocycles. The summed E-state index contributed by atoms with van der Waals surface area (Å²) in [6, 6.07) is 9.11. The number of nitrogens with zero attached hydrogens (tertiary/aromatic N) is 3. The normalized spacial score (nSPS) is 9.61. The van der Waals surface area contributed by atoms with Gasteiger partial charge in [0.25, 0.3) is 0 Å². The summed E-state index contributed by atoms with van der Waals surface area (Å²) in [5.74, 6) is 6.08. The van der Waals surface area contributed by atoms with Crippen LogP contribution in [0.4, 0.5) is 17.5 Å². The molecule has 0 amide bonds. The van der Waals surface area contributed by atoms with Crippen molar-refractivity contribution in [2.75, 3.05) is 10.7 Å². The van der Waals surface area contributed by atoms with Crippen LogP contribution in [-0.4, -0.2) is 9.97 Å². The maximum atomic E-state index is 9.02. The fraction of sp³-hybridized carbons (Fsp3) is 0. The summed E-state index contributed by atoms with van der Waals surface area (Å²) in [6.45, 7) is 0. The van der Waals surface area contributed by atoms with Crippen molar-refractivity contribution in [2.45, 2.75) is 0 Å². The fourth-order valence-electron chi connectivity index (χ4n) is 1.35. The van der Waals surface area contributed by atoms with Crippen LogP contribution in [0.15, 0.2) is 34.9 Å². The third-order valence-corrected chi connectivity index (χ3v) is 2.64. The van der Waals surface area contributed by atoms with Crippen LogP contribution in [0.2, 0.25) is 0 Å². The summed E-state index contributed by atoms with van der Waals surface area (Å²) in [4.78, 5) is 8.01. The van der Waals surface area contributed by atoms with E-state index in [-0.39, 0.29) is 0 Å². The minimum absolute atomic E-state index is 0.300. The van der Waals surface area contributed by atoms with Crippen LogP contribution in [0, 0.1) is 11.3 Å². The quantitative estimate of drug-likeness (QED) is 0.593. The summed E-state index contributed by atoms with van der Waals surface area (Å²) < 4.78 is 0.871. The van der Waals surface area contributed by atoms with Crippen LogP contribution in [0.25, 0.3) is 0 Å². The van der Waals surface area contributed by atoms with Gasteiger partial charge < -0.3 is 5.32 Å². The van der Waals surface area contributed by atoms with E-state index in [1.165, 1.54) is 0 Å². The van der Waals surface area contributed by atoms with Crippen molar-refractivity contribution in [1.82, 2.24) is 9.97 Å². The molecule has 0 saturated carbocycles. The number of nitrogens with one attached hydrogen (secondary N) is 2. The number of benzene rings is 1. The van der Waals surface area contributed by atoms with Gasteiger partial charge in [-0.1, -0.05) is 15.9 Å². The van der Waals surface area contributed by atoms with Gasteiger partial charge in [0.15, 0.2) is 0 Å². The average Bonchev–Trinajstić information content (AvgIpc) is 2.39. The largest absolute Gasteiger partial charge is 0.339 e. The number of hydrogen-bond donors (Lipinski definition) is 3. The molecule has 0 radical (unpaired) electrons. The number of anilines is 3. The second kappa shape index (κ2) is 5.44. The fourth-order valence-corrected chi connectivity index (χ4v) is 1.71. The molecule has 0 atom stereocenters. The van der Waals surface area contributed by atoms with Crippen molar-refractivity contribution in [2.24, 2.45) is 5.84 Å². The van der Waals surface area contributed by atoms with E-state index in [4.69, 9.17) is 11.1 Å². The van der Waals surface area contributed by atoms with Gasteiger partial charge in [0, 0.05) is 10.7 Å². The molecule has 0 spiro atoms. The lowest BCUT2D eigenvalue weighted by Crippen LogP contribution is -2.11. The second-order valence-corrected chi connectivity index (χ2v) is 4.25. The van der Waals surface area contributed by atoms with Crippen LogP contribution in [0.1, 0.15) is 5.56 Å². The zero-order valence-corrected chi connectivity index (χ0v) is 10.8. The monoisotopic (exact) mass is 304 g/mol. The number of hydrogen-bond acceptors (Lipinski definition) is 6. The highest BCUT2D eigenvalue weighted by atomic mass is 79.9. The van der Waals surface area contributed by atoms with Crippen LogP contribution in [0.5, 0.6) is 0 Å². The lowest BCUT2D eigenvalue weighted by molar-refractivity contribution is 1.12. The van der Waals surface area contributed by atoms with E-state index in [2.05, 4.69) is 42.7 Å². The van der Waals surface area contributed by atoms with E-state index >= 15 is 0 Å². The van der Waals surface area contributed by atoms with Gasteiger partial charge in [0.05, 0.1) is 11.3 Å². The molecule has 7 heteroatoms. The van der Waals surface area contributed by atoms with Crippen molar-refractivity contribution in [1.29, 1.82) is 5.26 Å². The van der Waals surface area contributed by atoms with Crippen molar-refractivity contribution in [3.8, 4) is 6.07 Å². The molecule has 2 aromatic rings. The maximum absolute atomic E-state index is 9.02. The van der Waals surface area contributed by atoms with Crippen LogP contribution >= 0.6 is 15.9 Å². The van der Waals surface area contributed by atoms with E-state index in [0.717, 1.165) is 4.47 Å². The Balaban J connectivity index is 2.33. The minimum Gasteiger partial charge on any atom is -0.339 e. The van der Waals surface area contributed by atoms with E-state index in [1.54, 1.807) is 30.5 Å². The van der Waals surface area contributed by atoms with Gasteiger partial charge in [-0.15, -0.1) is 0 Å². The first-order chi connectivity index (χ1) is 8.72. The Kier molecular flexibility index (Phi) is 3.72. The molecule has 18 heavy (non-hydrogen) atoms. The van der Waals surface area contributed by atoms with Gasteiger partial charge in [-0.3, -0.25) is 5.43 Å². The van der Waals surface area contributed by atoms with E-state index in [9.17, 15) is 0 Å². The Labute approximate surface area is 112 Å². The van der Waals surface area contributed by atoms with Gasteiger partial charge in [-0.25, -0.2) is 10.8 Å². The molecule has 0 aliphatic carbocycles. The predicted octanol–water partition coefficient (Wildman–Crippen LogP) is 2.14. The standard InChI is InChI=1S/C11H9BrN6/c12-8-2-1-7(6-13)9(5-8)16-10-3-4-15-11(17-10)18-14/h1-5H,14H2,(H2,15,16,17,18). The Bertz CT molecular complexity index is 607. The van der Waals surface area contributed by atoms with Gasteiger partial charge in [0.2, 0.25) is 5.95 Å². The number of aromatic nitrogens is 2. The Morgan fingerprint density at radius 1 is 1.33 bits per heavy atom. The number of nitrogen functional groups attached to an aromatic ring is 1. The first-order valence-electron chi connectivity index (χ1n) is 4.99. The van der Waals surface area contributed by atoms with E-state index < -0.39 is 0 Å². The molecule has 90 valence electrons. The summed E-state index contributed by atoms with van der Waals surface area (Å²) >= 11 is 3.35. The second-order valence-electron chi connectivity index (χ2n) is 3.34. The Morgan fingerprint density at radius 3 is 2.89 bits per heavy atom. The lowest BCUT2D eigenvalue weighted by atomic mass is 10.2. The molecule has 1 aromatic carbocycles. The molecule has 1 heterocycles. The molecule has 0 fully saturated rings. The van der Waals surface area contributed by atoms with E-state index in [1.807, 2.05) is 0 Å². The molecule has 0 saturated heterocycles. The number of rotatable bonds is 3. The average molecular weight is 305 g/mol. The first-order valence-corrected chi connectivity index (χ1v) is 5.78. The molecule has 0 aliphatic rings. The molecule has 6 nitrogen and oxygen atoms in total. The van der Waals surface area contributed by atoms with Gasteiger partial charge in [0.1, 0.15) is 11.9 Å². The summed E-state index contributed by atoms with van der Waals surface area (Å²) in [5.41, 5.74) is 3.54. The highest BCUT2D eigenvalue weighted by molar-refractivity contribution is 9.10. The van der Waals surface area contributed by atoms with Crippen molar-refractivity contribution in [3.63, 3.8) is 0 Å². The number of halogens is 1. The molecule has 1 aromatic heterocycles. The molecule has 0 bridgehead atoms. The van der Waals surface area contributed by atoms with E-state index in [0.29, 0.717) is 23.0 Å². The van der Waals surface area contributed by atoms with Crippen LogP contribution in [-0.2, 0) is 0 Å². The van der Waals surface area contributed by atoms with Gasteiger partial charge in [-0.2, -0.15) is 10.2 Å². The first kappa shape index (κ1) is 12.3. The van der Waals surface area contributed by atoms with Gasteiger partial charge >= 0.3 is 0 Å². The molecule has 4 N–H and O–H groups in total. The minimum atomic E-state index is 0.300. The highest BCUT2D eigenvalue weighted by Crippen LogP contribution is 2.23. The van der Waals surface area contributed by atoms with Crippen molar-refractivity contribution < 1.29 is 0 Å². The zero-order chi connectivity index (χ0) is 13.0. The zero-order valence-electron chi connectivity index (χ0n) is 9.18. The molecular formula is C11H9BrN6. The summed E-state index contributed by atoms with van der Waals surface area (Å²) in [7, 11) is 0. The van der Waals surface area contributed by atoms with Crippen molar-refractivity contribution >= 4 is 33.4 Å². The predicted molar refractivity (Wildman–Crippen MR) is 72.0 cm³/mol. The maximum Gasteiger partial charge on any atom is 0.239 e. The van der Waals surface area contributed by atoms with Gasteiger partial charge in [-0.05, 0) is 24.3 Å². The Morgan fingerprint density at radius 2 is 2.17 bits per heavy atom. The van der Waals surface area contributed by atoms with Crippen LogP contribution < -0.4 is 16.6 Å². The highest BCUT2D eigenvalue weighted by Gasteiger charge is 2.04. The third-order valence-electron chi connectivity index (χ3n) is 2.15. The third kappa shape index (κ3) is 2.74. The smallest absolute Gasteiger partial charge is 0.239 e. The lowest BCUT2D eigenvalue weighted by Gasteiger charge is -2.08. The van der Waals surface area contributed by atoms with Crippen LogP contribution in [0.3, 0.4) is 0 Å². The number of nitriles is 1. The van der Waals surface area contributed by atoms with Crippen molar-refractivity contribution in [3.05, 3.63) is 40.5 Å². The summed E-state index contributed by atoms with van der Waals surface area (Å²) in [5, 5.41) is 12.1. The molecular weight excluding hydrogens is 296 g/mol. The molecule has 0 unspecified atom stereocenters. The number of hydrazine groups is 1. The summed E-state index contributed by atoms with van der Waals surface area (Å²) in [6.07, 6.45) is 1.56. The topological polar surface area (TPSA) is 99.7 Å².